The van der Waals surface area contributed by atoms with Gasteiger partial charge in [-0.1, -0.05) is 50.1 Å². The fraction of sp³-hybridized carbons (Fsp3) is 0.500. The molecule has 0 heterocycles. The summed E-state index contributed by atoms with van der Waals surface area (Å²) in [7, 11) is 0. The molecule has 0 aliphatic heterocycles. The van der Waals surface area contributed by atoms with E-state index in [4.69, 9.17) is 0 Å². The highest BCUT2D eigenvalue weighted by Crippen LogP contribution is 2.33. The van der Waals surface area contributed by atoms with Crippen molar-refractivity contribution >= 4 is 11.9 Å². The van der Waals surface area contributed by atoms with Crippen LogP contribution in [-0.2, 0) is 15.1 Å². The molecule has 4 nitrogen and oxygen atoms in total. The molecule has 1 fully saturated rings. The van der Waals surface area contributed by atoms with Crippen LogP contribution in [-0.4, -0.2) is 17.0 Å². The van der Waals surface area contributed by atoms with E-state index in [1.165, 1.54) is 12.8 Å². The summed E-state index contributed by atoms with van der Waals surface area (Å²) in [5, 5.41) is 12.3. The van der Waals surface area contributed by atoms with E-state index in [1.807, 2.05) is 6.07 Å². The Balaban J connectivity index is 2.13. The Kier molecular flexibility index (Phi) is 4.42. The molecule has 2 rings (SSSR count). The minimum atomic E-state index is -1.32. The monoisotopic (exact) mass is 275 g/mol. The van der Waals surface area contributed by atoms with E-state index in [0.717, 1.165) is 6.42 Å². The third-order valence-electron chi connectivity index (χ3n) is 3.99. The maximum atomic E-state index is 12.1. The molecule has 4 heteroatoms. The highest BCUT2D eigenvalue weighted by Gasteiger charge is 2.40. The molecular formula is C16H21NO3. The first kappa shape index (κ1) is 14.6. The van der Waals surface area contributed by atoms with Crippen molar-refractivity contribution < 1.29 is 14.7 Å². The molecule has 1 unspecified atom stereocenters. The molecule has 2 N–H and O–H groups in total. The Labute approximate surface area is 119 Å². The van der Waals surface area contributed by atoms with Crippen molar-refractivity contribution in [3.63, 3.8) is 0 Å². The predicted molar refractivity (Wildman–Crippen MR) is 76.1 cm³/mol. The van der Waals surface area contributed by atoms with Gasteiger partial charge in [0.05, 0.1) is 0 Å². The summed E-state index contributed by atoms with van der Waals surface area (Å²) >= 11 is 0. The van der Waals surface area contributed by atoms with Crippen LogP contribution in [0.15, 0.2) is 30.3 Å². The van der Waals surface area contributed by atoms with E-state index in [2.05, 4.69) is 5.32 Å². The topological polar surface area (TPSA) is 66.4 Å². The van der Waals surface area contributed by atoms with E-state index in [0.29, 0.717) is 24.3 Å². The van der Waals surface area contributed by atoms with Crippen LogP contribution in [0.25, 0.3) is 0 Å². The summed E-state index contributed by atoms with van der Waals surface area (Å²) in [4.78, 5) is 23.8. The average molecular weight is 275 g/mol. The Bertz CT molecular complexity index is 482. The first-order chi connectivity index (χ1) is 9.58. The van der Waals surface area contributed by atoms with Gasteiger partial charge in [-0.2, -0.15) is 0 Å². The van der Waals surface area contributed by atoms with Gasteiger partial charge in [-0.25, -0.2) is 4.79 Å². The fourth-order valence-corrected chi connectivity index (χ4v) is 2.46. The van der Waals surface area contributed by atoms with Crippen molar-refractivity contribution in [1.29, 1.82) is 0 Å². The number of rotatable bonds is 7. The summed E-state index contributed by atoms with van der Waals surface area (Å²) in [6.07, 6.45) is 3.99. The maximum Gasteiger partial charge on any atom is 0.334 e. The Morgan fingerprint density at radius 2 is 1.95 bits per heavy atom. The Hall–Kier alpha value is -1.84. The molecule has 1 amide bonds. The molecule has 20 heavy (non-hydrogen) atoms. The molecule has 0 saturated heterocycles. The number of hydrogen-bond acceptors (Lipinski definition) is 2. The smallest absolute Gasteiger partial charge is 0.334 e. The van der Waals surface area contributed by atoms with Crippen LogP contribution in [0.4, 0.5) is 0 Å². The molecular weight excluding hydrogens is 254 g/mol. The SMILES string of the molecule is CCC(NC(=O)CCC1CC1)(C(=O)O)c1ccccc1. The number of carboxylic acid groups (broad SMARTS) is 1. The standard InChI is InChI=1S/C16H21NO3/c1-2-16(15(19)20,13-6-4-3-5-7-13)17-14(18)11-10-12-8-9-12/h3-7,12H,2,8-11H2,1H3,(H,17,18)(H,19,20). The molecule has 1 aliphatic rings. The van der Waals surface area contributed by atoms with Gasteiger partial charge in [-0.3, -0.25) is 4.79 Å². The van der Waals surface area contributed by atoms with Gasteiger partial charge in [0.25, 0.3) is 0 Å². The van der Waals surface area contributed by atoms with Crippen molar-refractivity contribution in [3.8, 4) is 0 Å². The summed E-state index contributed by atoms with van der Waals surface area (Å²) in [6, 6.07) is 8.91. The second kappa shape index (κ2) is 6.07. The van der Waals surface area contributed by atoms with Gasteiger partial charge in [0.1, 0.15) is 0 Å². The molecule has 1 aromatic rings. The van der Waals surface area contributed by atoms with E-state index >= 15 is 0 Å². The molecule has 1 saturated carbocycles. The van der Waals surface area contributed by atoms with Gasteiger partial charge >= 0.3 is 5.97 Å². The largest absolute Gasteiger partial charge is 0.479 e. The van der Waals surface area contributed by atoms with Crippen LogP contribution in [0.1, 0.15) is 44.6 Å². The molecule has 108 valence electrons. The van der Waals surface area contributed by atoms with E-state index in [9.17, 15) is 14.7 Å². The summed E-state index contributed by atoms with van der Waals surface area (Å²) in [5.74, 6) is -0.519. The van der Waals surface area contributed by atoms with Crippen molar-refractivity contribution in [1.82, 2.24) is 5.32 Å². The highest BCUT2D eigenvalue weighted by atomic mass is 16.4. The molecule has 0 spiro atoms. The highest BCUT2D eigenvalue weighted by molar-refractivity contribution is 5.88. The summed E-state index contributed by atoms with van der Waals surface area (Å²) in [6.45, 7) is 1.78. The number of aliphatic carboxylic acids is 1. The van der Waals surface area contributed by atoms with E-state index < -0.39 is 11.5 Å². The van der Waals surface area contributed by atoms with Crippen molar-refractivity contribution in [2.45, 2.75) is 44.6 Å². The average Bonchev–Trinajstić information content (AvgIpc) is 3.27. The Morgan fingerprint density at radius 1 is 1.30 bits per heavy atom. The molecule has 1 aliphatic carbocycles. The quantitative estimate of drug-likeness (QED) is 0.804. The van der Waals surface area contributed by atoms with Crippen LogP contribution >= 0.6 is 0 Å². The second-order valence-electron chi connectivity index (χ2n) is 5.46. The lowest BCUT2D eigenvalue weighted by molar-refractivity contribution is -0.148. The van der Waals surface area contributed by atoms with Gasteiger partial charge in [-0.15, -0.1) is 0 Å². The van der Waals surface area contributed by atoms with Crippen LogP contribution in [0.5, 0.6) is 0 Å². The minimum absolute atomic E-state index is 0.176. The first-order valence-electron chi connectivity index (χ1n) is 7.18. The van der Waals surface area contributed by atoms with Crippen LogP contribution in [0.2, 0.25) is 0 Å². The molecule has 0 radical (unpaired) electrons. The number of carbonyl (C=O) groups is 2. The van der Waals surface area contributed by atoms with Crippen molar-refractivity contribution in [2.75, 3.05) is 0 Å². The van der Waals surface area contributed by atoms with Gasteiger partial charge in [0.15, 0.2) is 5.54 Å². The third kappa shape index (κ3) is 3.18. The number of amides is 1. The van der Waals surface area contributed by atoms with Gasteiger partial charge in [0, 0.05) is 6.42 Å². The van der Waals surface area contributed by atoms with Crippen LogP contribution in [0.3, 0.4) is 0 Å². The Morgan fingerprint density at radius 3 is 2.45 bits per heavy atom. The van der Waals surface area contributed by atoms with E-state index in [1.54, 1.807) is 31.2 Å². The normalized spacial score (nSPS) is 17.2. The minimum Gasteiger partial charge on any atom is -0.479 e. The molecule has 0 bridgehead atoms. The van der Waals surface area contributed by atoms with Gasteiger partial charge in [-0.05, 0) is 24.3 Å². The number of carbonyl (C=O) groups excluding carboxylic acids is 1. The zero-order valence-corrected chi connectivity index (χ0v) is 11.8. The molecule has 1 atom stereocenters. The lowest BCUT2D eigenvalue weighted by Crippen LogP contribution is -2.51. The zero-order chi connectivity index (χ0) is 14.6. The second-order valence-corrected chi connectivity index (χ2v) is 5.46. The number of hydrogen-bond donors (Lipinski definition) is 2. The van der Waals surface area contributed by atoms with Gasteiger partial charge < -0.3 is 10.4 Å². The van der Waals surface area contributed by atoms with Crippen molar-refractivity contribution in [3.05, 3.63) is 35.9 Å². The maximum absolute atomic E-state index is 12.1. The number of nitrogens with one attached hydrogen (secondary N) is 1. The van der Waals surface area contributed by atoms with Crippen LogP contribution in [0, 0.1) is 5.92 Å². The molecule has 1 aromatic carbocycles. The summed E-state index contributed by atoms with van der Waals surface area (Å²) in [5.41, 5.74) is -0.697. The lowest BCUT2D eigenvalue weighted by atomic mass is 9.87. The van der Waals surface area contributed by atoms with Crippen LogP contribution < -0.4 is 5.32 Å². The molecule has 0 aromatic heterocycles. The summed E-state index contributed by atoms with van der Waals surface area (Å²) < 4.78 is 0. The van der Waals surface area contributed by atoms with E-state index in [-0.39, 0.29) is 5.91 Å². The van der Waals surface area contributed by atoms with Crippen molar-refractivity contribution in [2.24, 2.45) is 5.92 Å². The third-order valence-corrected chi connectivity index (χ3v) is 3.99. The number of benzene rings is 1. The first-order valence-corrected chi connectivity index (χ1v) is 7.18. The predicted octanol–water partition coefficient (Wildman–Crippen LogP) is 2.68. The van der Waals surface area contributed by atoms with Gasteiger partial charge in [0.2, 0.25) is 5.91 Å². The number of carboxylic acids is 1. The zero-order valence-electron chi connectivity index (χ0n) is 11.8. The lowest BCUT2D eigenvalue weighted by Gasteiger charge is -2.30. The fourth-order valence-electron chi connectivity index (χ4n) is 2.46.